The Labute approximate surface area is 132 Å². The average molecular weight is 343 g/mol. The van der Waals surface area contributed by atoms with E-state index in [2.05, 4.69) is 0 Å². The summed E-state index contributed by atoms with van der Waals surface area (Å²) < 4.78 is 12.6. The van der Waals surface area contributed by atoms with Crippen molar-refractivity contribution in [3.8, 4) is 0 Å². The average Bonchev–Trinajstić information content (AvgIpc) is 2.59. The zero-order valence-corrected chi connectivity index (χ0v) is 11.9. The van der Waals surface area contributed by atoms with Crippen LogP contribution in [0.15, 0.2) is 0 Å². The molecule has 1 aliphatic rings. The van der Waals surface area contributed by atoms with Gasteiger partial charge in [0.05, 0.1) is 14.6 Å². The van der Waals surface area contributed by atoms with E-state index in [0.29, 0.717) is 0 Å². The van der Waals surface area contributed by atoms with Crippen LogP contribution in [0.25, 0.3) is 0 Å². The fraction of sp³-hybridized carbons (Fsp3) is 0.917. The van der Waals surface area contributed by atoms with Crippen molar-refractivity contribution in [2.24, 2.45) is 0 Å². The van der Waals surface area contributed by atoms with Gasteiger partial charge < -0.3 is 50.7 Å². The van der Waals surface area contributed by atoms with Crippen LogP contribution in [-0.4, -0.2) is 120 Å². The molecule has 23 heavy (non-hydrogen) atoms. The normalized spacial score (nSPS) is 40.8. The summed E-state index contributed by atoms with van der Waals surface area (Å²) in [6.07, 6.45) is -19.9. The maximum Gasteiger partial charge on any atom is 0.195 e. The Balaban J connectivity index is 3.02. The first-order valence-electron chi connectivity index (χ1n) is 7.23. The molecule has 11 nitrogen and oxygen atoms in total. The summed E-state index contributed by atoms with van der Waals surface area (Å²) in [6.45, 7) is -1.93. The van der Waals surface area contributed by atoms with Gasteiger partial charge in [-0.25, -0.2) is 0 Å². The SMILES string of the molecule is [2H]C1(C(=O)[C@@H](O)[C@@H](O)[C@H](O)[C@H](O)CO)O[C@H](CO)[C@@H](O)[C@H](O)[C@H]1O. The Bertz CT molecular complexity index is 435. The molecule has 0 bridgehead atoms. The highest BCUT2D eigenvalue weighted by Gasteiger charge is 2.49. The molecule has 0 aromatic carbocycles. The molecule has 136 valence electrons. The third kappa shape index (κ3) is 4.22. The number of carbonyl (C=O) groups is 1. The summed E-state index contributed by atoms with van der Waals surface area (Å²) in [5.74, 6) is -1.70. The van der Waals surface area contributed by atoms with E-state index in [9.17, 15) is 40.5 Å². The second kappa shape index (κ2) is 8.39. The van der Waals surface area contributed by atoms with Crippen molar-refractivity contribution in [2.75, 3.05) is 13.2 Å². The van der Waals surface area contributed by atoms with Gasteiger partial charge in [-0.2, -0.15) is 0 Å². The zero-order valence-electron chi connectivity index (χ0n) is 12.9. The van der Waals surface area contributed by atoms with Crippen molar-refractivity contribution in [1.82, 2.24) is 0 Å². The Morgan fingerprint density at radius 3 is 2.04 bits per heavy atom. The first kappa shape index (κ1) is 18.6. The molecule has 0 aromatic heterocycles. The van der Waals surface area contributed by atoms with Crippen molar-refractivity contribution in [1.29, 1.82) is 0 Å². The van der Waals surface area contributed by atoms with Crippen molar-refractivity contribution >= 4 is 5.78 Å². The van der Waals surface area contributed by atoms with E-state index in [4.69, 9.17) is 16.3 Å². The molecule has 1 unspecified atom stereocenters. The fourth-order valence-electron chi connectivity index (χ4n) is 2.04. The minimum Gasteiger partial charge on any atom is -0.394 e. The van der Waals surface area contributed by atoms with Crippen LogP contribution in [0.3, 0.4) is 0 Å². The molecule has 0 aromatic rings. The smallest absolute Gasteiger partial charge is 0.195 e. The number of aliphatic hydroxyl groups excluding tert-OH is 9. The number of aliphatic hydroxyl groups is 9. The second-order valence-corrected chi connectivity index (χ2v) is 5.17. The Hall–Kier alpha value is -0.730. The van der Waals surface area contributed by atoms with Crippen molar-refractivity contribution in [2.45, 2.75) is 54.9 Å². The summed E-state index contributed by atoms with van der Waals surface area (Å²) >= 11 is 0. The van der Waals surface area contributed by atoms with Crippen molar-refractivity contribution in [3.05, 3.63) is 0 Å². The largest absolute Gasteiger partial charge is 0.394 e. The van der Waals surface area contributed by atoms with Crippen LogP contribution in [0.5, 0.6) is 0 Å². The van der Waals surface area contributed by atoms with Crippen LogP contribution in [-0.2, 0) is 9.53 Å². The van der Waals surface area contributed by atoms with Crippen LogP contribution in [0, 0.1) is 0 Å². The van der Waals surface area contributed by atoms with Gasteiger partial charge in [0, 0.05) is 0 Å². The quantitative estimate of drug-likeness (QED) is 0.212. The number of carbonyl (C=O) groups excluding carboxylic acids is 1. The first-order valence-corrected chi connectivity index (χ1v) is 6.73. The monoisotopic (exact) mass is 343 g/mol. The van der Waals surface area contributed by atoms with Gasteiger partial charge in [0.25, 0.3) is 0 Å². The fourth-order valence-corrected chi connectivity index (χ4v) is 2.04. The lowest BCUT2D eigenvalue weighted by atomic mass is 9.89. The molecule has 1 rings (SSSR count). The molecule has 0 spiro atoms. The van der Waals surface area contributed by atoms with E-state index in [-0.39, 0.29) is 0 Å². The van der Waals surface area contributed by atoms with Gasteiger partial charge in [-0.1, -0.05) is 0 Å². The van der Waals surface area contributed by atoms with Gasteiger partial charge in [0.1, 0.15) is 54.9 Å². The molecule has 0 saturated carbocycles. The van der Waals surface area contributed by atoms with E-state index in [0.717, 1.165) is 0 Å². The minimum atomic E-state index is -3.07. The van der Waals surface area contributed by atoms with E-state index >= 15 is 0 Å². The van der Waals surface area contributed by atoms with E-state index in [1.54, 1.807) is 0 Å². The highest BCUT2D eigenvalue weighted by molar-refractivity contribution is 5.88. The lowest BCUT2D eigenvalue weighted by Gasteiger charge is -2.40. The van der Waals surface area contributed by atoms with Gasteiger partial charge >= 0.3 is 0 Å². The molecule has 0 aliphatic carbocycles. The van der Waals surface area contributed by atoms with Crippen molar-refractivity contribution < 1.29 is 56.9 Å². The highest BCUT2D eigenvalue weighted by atomic mass is 16.5. The Morgan fingerprint density at radius 1 is 1.00 bits per heavy atom. The number of Topliss-reactive ketones (excluding diaryl/α,β-unsaturated/α-hetero) is 1. The number of hydrogen-bond acceptors (Lipinski definition) is 11. The molecule has 9 N–H and O–H groups in total. The molecule has 11 heteroatoms. The number of ketones is 1. The van der Waals surface area contributed by atoms with Gasteiger partial charge in [-0.05, 0) is 0 Å². The summed E-state index contributed by atoms with van der Waals surface area (Å²) in [4.78, 5) is 12.2. The van der Waals surface area contributed by atoms with Gasteiger partial charge in [0.15, 0.2) is 5.78 Å². The molecule has 1 aliphatic heterocycles. The van der Waals surface area contributed by atoms with Crippen LogP contribution in [0.4, 0.5) is 0 Å². The van der Waals surface area contributed by atoms with Crippen molar-refractivity contribution in [3.63, 3.8) is 0 Å². The second-order valence-electron chi connectivity index (χ2n) is 5.17. The summed E-state index contributed by atoms with van der Waals surface area (Å²) in [5.41, 5.74) is 0. The summed E-state index contributed by atoms with van der Waals surface area (Å²) in [7, 11) is 0. The predicted molar refractivity (Wildman–Crippen MR) is 69.9 cm³/mol. The standard InChI is InChI=1S/C12H22O11/c13-1-3(15)5(16)7(18)9(20)11(22)12-10(21)8(19)6(17)4(2-14)23-12/h3-10,12-21H,1-2H2/t3-,4-,5-,6-,7+,8+,9+,10-,12?/m1/s1/i12D. The maximum atomic E-state index is 12.2. The van der Waals surface area contributed by atoms with Crippen LogP contribution in [0.1, 0.15) is 1.37 Å². The highest BCUT2D eigenvalue weighted by Crippen LogP contribution is 2.23. The van der Waals surface area contributed by atoms with Gasteiger partial charge in [-0.15, -0.1) is 0 Å². The first-order chi connectivity index (χ1) is 11.0. The van der Waals surface area contributed by atoms with Crippen LogP contribution < -0.4 is 0 Å². The summed E-state index contributed by atoms with van der Waals surface area (Å²) in [6, 6.07) is 0. The Kier molecular flexibility index (Phi) is 6.79. The molecule has 9 atom stereocenters. The third-order valence-electron chi connectivity index (χ3n) is 3.55. The lowest BCUT2D eigenvalue weighted by molar-refractivity contribution is -0.231. The molecular formula is C12H22O11. The molecule has 1 saturated heterocycles. The number of hydrogen-bond donors (Lipinski definition) is 9. The van der Waals surface area contributed by atoms with E-state index < -0.39 is 73.9 Å². The van der Waals surface area contributed by atoms with Crippen LogP contribution in [0.2, 0.25) is 0 Å². The molecule has 1 heterocycles. The summed E-state index contributed by atoms with van der Waals surface area (Å²) in [5, 5.41) is 84.8. The number of ether oxygens (including phenoxy) is 1. The van der Waals surface area contributed by atoms with E-state index in [1.807, 2.05) is 0 Å². The van der Waals surface area contributed by atoms with Crippen LogP contribution >= 0.6 is 0 Å². The maximum absolute atomic E-state index is 12.2. The molecule has 0 amide bonds. The lowest BCUT2D eigenvalue weighted by Crippen LogP contribution is -2.63. The minimum absolute atomic E-state index is 0.927. The molecular weight excluding hydrogens is 320 g/mol. The van der Waals surface area contributed by atoms with Gasteiger partial charge in [0.2, 0.25) is 0 Å². The zero-order chi connectivity index (χ0) is 18.8. The number of rotatable bonds is 7. The van der Waals surface area contributed by atoms with E-state index in [1.165, 1.54) is 0 Å². The third-order valence-corrected chi connectivity index (χ3v) is 3.55. The topological polar surface area (TPSA) is 208 Å². The predicted octanol–water partition coefficient (Wildman–Crippen LogP) is -6.17. The molecule has 0 radical (unpaired) electrons. The molecule has 1 fully saturated rings. The van der Waals surface area contributed by atoms with Gasteiger partial charge in [-0.3, -0.25) is 4.79 Å². The Morgan fingerprint density at radius 2 is 1.57 bits per heavy atom.